The van der Waals surface area contributed by atoms with E-state index in [0.29, 0.717) is 12.0 Å². The largest absolute Gasteiger partial charge is 0.404 e. The standard InChI is InChI=1S/C21H28N4/c22-12-17(13-23-18-7-4-8-18)21-14-24-19-10-9-16(11-20(19)25-21)15-5-2-1-3-6-15/h9-15,18,21,25H,1-8,22H2. The summed E-state index contributed by atoms with van der Waals surface area (Å²) >= 11 is 0. The van der Waals surface area contributed by atoms with Crippen LogP contribution in [0.4, 0.5) is 11.4 Å². The Balaban J connectivity index is 1.50. The predicted octanol–water partition coefficient (Wildman–Crippen LogP) is 4.70. The Morgan fingerprint density at radius 1 is 1.12 bits per heavy atom. The van der Waals surface area contributed by atoms with E-state index in [-0.39, 0.29) is 6.04 Å². The molecule has 0 spiro atoms. The van der Waals surface area contributed by atoms with E-state index < -0.39 is 0 Å². The molecule has 3 aliphatic rings. The van der Waals surface area contributed by atoms with Gasteiger partial charge in [-0.2, -0.15) is 0 Å². The van der Waals surface area contributed by atoms with Gasteiger partial charge in [-0.05, 0) is 55.7 Å². The Bertz CT molecular complexity index is 694. The summed E-state index contributed by atoms with van der Waals surface area (Å²) in [6.07, 6.45) is 15.9. The molecular weight excluding hydrogens is 308 g/mol. The zero-order valence-corrected chi connectivity index (χ0v) is 14.8. The molecule has 2 saturated carbocycles. The van der Waals surface area contributed by atoms with E-state index in [1.54, 1.807) is 6.20 Å². The number of fused-ring (bicyclic) bond motifs is 1. The highest BCUT2D eigenvalue weighted by molar-refractivity contribution is 5.94. The SMILES string of the molecule is NC=C(C=NC1CCC1)C1C=Nc2ccc(C3CCCCC3)cc2N1. The van der Waals surface area contributed by atoms with Gasteiger partial charge in [0.05, 0.1) is 17.4 Å². The minimum absolute atomic E-state index is 0.00272. The molecule has 25 heavy (non-hydrogen) atoms. The lowest BCUT2D eigenvalue weighted by Crippen LogP contribution is -2.28. The Hall–Kier alpha value is -2.10. The molecule has 1 unspecified atom stereocenters. The highest BCUT2D eigenvalue weighted by Gasteiger charge is 2.21. The molecule has 132 valence electrons. The number of nitrogens with zero attached hydrogens (tertiary/aromatic N) is 2. The minimum Gasteiger partial charge on any atom is -0.404 e. The zero-order valence-electron chi connectivity index (χ0n) is 14.8. The quantitative estimate of drug-likeness (QED) is 0.783. The molecule has 4 nitrogen and oxygen atoms in total. The molecule has 1 aliphatic heterocycles. The smallest absolute Gasteiger partial charge is 0.0899 e. The lowest BCUT2D eigenvalue weighted by atomic mass is 9.84. The summed E-state index contributed by atoms with van der Waals surface area (Å²) in [5.41, 5.74) is 10.4. The first-order chi connectivity index (χ1) is 12.3. The molecule has 4 heteroatoms. The van der Waals surface area contributed by atoms with Gasteiger partial charge in [0.1, 0.15) is 0 Å². The second-order valence-electron chi connectivity index (χ2n) is 7.54. The minimum atomic E-state index is 0.00272. The number of nitrogens with two attached hydrogens (primary N) is 1. The molecule has 0 bridgehead atoms. The molecule has 0 amide bonds. The molecule has 1 aromatic rings. The van der Waals surface area contributed by atoms with Crippen LogP contribution in [0.15, 0.2) is 40.0 Å². The highest BCUT2D eigenvalue weighted by atomic mass is 15.0. The van der Waals surface area contributed by atoms with Gasteiger partial charge in [0.15, 0.2) is 0 Å². The summed E-state index contributed by atoms with van der Waals surface area (Å²) in [6, 6.07) is 7.19. The summed E-state index contributed by atoms with van der Waals surface area (Å²) < 4.78 is 0. The second kappa shape index (κ2) is 7.42. The number of hydrogen-bond donors (Lipinski definition) is 2. The van der Waals surface area contributed by atoms with Gasteiger partial charge in [-0.15, -0.1) is 0 Å². The molecule has 0 radical (unpaired) electrons. The monoisotopic (exact) mass is 336 g/mol. The fraction of sp³-hybridized carbons (Fsp3) is 0.524. The molecular formula is C21H28N4. The summed E-state index contributed by atoms with van der Waals surface area (Å²) in [7, 11) is 0. The fourth-order valence-corrected chi connectivity index (χ4v) is 3.95. The van der Waals surface area contributed by atoms with Crippen molar-refractivity contribution in [3.05, 3.63) is 35.5 Å². The van der Waals surface area contributed by atoms with Gasteiger partial charge >= 0.3 is 0 Å². The third kappa shape index (κ3) is 3.63. The molecule has 1 heterocycles. The zero-order chi connectivity index (χ0) is 17.1. The molecule has 2 aliphatic carbocycles. The molecule has 3 N–H and O–H groups in total. The Morgan fingerprint density at radius 2 is 1.96 bits per heavy atom. The van der Waals surface area contributed by atoms with Crippen LogP contribution < -0.4 is 11.1 Å². The molecule has 0 aromatic heterocycles. The van der Waals surface area contributed by atoms with Crippen molar-refractivity contribution in [2.75, 3.05) is 5.32 Å². The summed E-state index contributed by atoms with van der Waals surface area (Å²) in [4.78, 5) is 9.29. The first kappa shape index (κ1) is 16.4. The second-order valence-corrected chi connectivity index (χ2v) is 7.54. The third-order valence-corrected chi connectivity index (χ3v) is 5.83. The number of nitrogens with one attached hydrogen (secondary N) is 1. The first-order valence-corrected chi connectivity index (χ1v) is 9.73. The van der Waals surface area contributed by atoms with Crippen molar-refractivity contribution in [3.8, 4) is 0 Å². The van der Waals surface area contributed by atoms with E-state index in [0.717, 1.165) is 16.9 Å². The number of benzene rings is 1. The summed E-state index contributed by atoms with van der Waals surface area (Å²) in [5.74, 6) is 0.704. The lowest BCUT2D eigenvalue weighted by molar-refractivity contribution is 0.421. The fourth-order valence-electron chi connectivity index (χ4n) is 3.95. The maximum absolute atomic E-state index is 5.86. The molecule has 1 atom stereocenters. The third-order valence-electron chi connectivity index (χ3n) is 5.83. The Morgan fingerprint density at radius 3 is 2.68 bits per heavy atom. The van der Waals surface area contributed by atoms with Crippen molar-refractivity contribution < 1.29 is 0 Å². The van der Waals surface area contributed by atoms with Crippen molar-refractivity contribution in [2.24, 2.45) is 15.7 Å². The molecule has 4 rings (SSSR count). The van der Waals surface area contributed by atoms with Gasteiger partial charge in [0.25, 0.3) is 0 Å². The van der Waals surface area contributed by atoms with Gasteiger partial charge in [-0.3, -0.25) is 9.98 Å². The Labute approximate surface area is 150 Å². The van der Waals surface area contributed by atoms with E-state index >= 15 is 0 Å². The number of aliphatic imine (C=N–C) groups is 2. The van der Waals surface area contributed by atoms with Crippen molar-refractivity contribution in [1.29, 1.82) is 0 Å². The van der Waals surface area contributed by atoms with Crippen LogP contribution >= 0.6 is 0 Å². The van der Waals surface area contributed by atoms with E-state index in [4.69, 9.17) is 5.73 Å². The van der Waals surface area contributed by atoms with E-state index in [9.17, 15) is 0 Å². The Kier molecular flexibility index (Phi) is 4.86. The van der Waals surface area contributed by atoms with Crippen LogP contribution in [0.5, 0.6) is 0 Å². The maximum atomic E-state index is 5.86. The first-order valence-electron chi connectivity index (χ1n) is 9.73. The van der Waals surface area contributed by atoms with Crippen molar-refractivity contribution in [1.82, 2.24) is 0 Å². The lowest BCUT2D eigenvalue weighted by Gasteiger charge is -2.26. The number of rotatable bonds is 4. The molecule has 0 saturated heterocycles. The van der Waals surface area contributed by atoms with E-state index in [1.807, 2.05) is 12.4 Å². The van der Waals surface area contributed by atoms with Crippen LogP contribution in [0.3, 0.4) is 0 Å². The van der Waals surface area contributed by atoms with Gasteiger partial charge in [0, 0.05) is 30.2 Å². The maximum Gasteiger partial charge on any atom is 0.0899 e. The van der Waals surface area contributed by atoms with Crippen LogP contribution in [0.1, 0.15) is 62.8 Å². The van der Waals surface area contributed by atoms with Crippen LogP contribution in [0.2, 0.25) is 0 Å². The predicted molar refractivity (Wildman–Crippen MR) is 106 cm³/mol. The van der Waals surface area contributed by atoms with Gasteiger partial charge < -0.3 is 11.1 Å². The van der Waals surface area contributed by atoms with Gasteiger partial charge in [-0.1, -0.05) is 25.3 Å². The summed E-state index contributed by atoms with van der Waals surface area (Å²) in [5, 5.41) is 3.60. The van der Waals surface area contributed by atoms with Gasteiger partial charge in [-0.25, -0.2) is 0 Å². The van der Waals surface area contributed by atoms with Crippen molar-refractivity contribution >= 4 is 23.8 Å². The molecule has 2 fully saturated rings. The molecule has 1 aromatic carbocycles. The van der Waals surface area contributed by atoms with E-state index in [2.05, 4.69) is 33.5 Å². The van der Waals surface area contributed by atoms with E-state index in [1.165, 1.54) is 56.9 Å². The highest BCUT2D eigenvalue weighted by Crippen LogP contribution is 2.37. The average Bonchev–Trinajstić information content (AvgIpc) is 2.63. The van der Waals surface area contributed by atoms with Crippen molar-refractivity contribution in [3.63, 3.8) is 0 Å². The van der Waals surface area contributed by atoms with Crippen LogP contribution in [-0.4, -0.2) is 24.5 Å². The number of hydrogen-bond acceptors (Lipinski definition) is 4. The van der Waals surface area contributed by atoms with Gasteiger partial charge in [0.2, 0.25) is 0 Å². The number of anilines is 1. The topological polar surface area (TPSA) is 62.8 Å². The summed E-state index contributed by atoms with van der Waals surface area (Å²) in [6.45, 7) is 0. The van der Waals surface area contributed by atoms with Crippen LogP contribution in [0, 0.1) is 0 Å². The normalized spacial score (nSPS) is 24.8. The average molecular weight is 336 g/mol. The van der Waals surface area contributed by atoms with Crippen LogP contribution in [0.25, 0.3) is 0 Å². The van der Waals surface area contributed by atoms with Crippen LogP contribution in [-0.2, 0) is 0 Å². The van der Waals surface area contributed by atoms with Crippen molar-refractivity contribution in [2.45, 2.75) is 69.4 Å².